The van der Waals surface area contributed by atoms with E-state index in [0.29, 0.717) is 62.4 Å². The fourth-order valence-corrected chi connectivity index (χ4v) is 5.35. The molecule has 0 aromatic carbocycles. The topological polar surface area (TPSA) is 108 Å². The Hall–Kier alpha value is -0.990. The van der Waals surface area contributed by atoms with Crippen LogP contribution in [0.3, 0.4) is 0 Å². The molecule has 10 heteroatoms. The summed E-state index contributed by atoms with van der Waals surface area (Å²) < 4.78 is 67.0. The zero-order valence-electron chi connectivity index (χ0n) is 34.2. The number of nitrogens with zero attached hydrogens (tertiary/aromatic N) is 1. The SMILES string of the molecule is [2H]C([2H])(CCCCCCCC)CCCCC(=O)OC[C@H](COP(=O)(O)OCC[N+](C)(C)C)OC(=O)CCCCC([2H])([2H])CCCCCCCC. The lowest BCUT2D eigenvalue weighted by atomic mass is 10.1. The Morgan fingerprint density at radius 1 is 0.652 bits per heavy atom. The van der Waals surface area contributed by atoms with Gasteiger partial charge in [-0.05, 0) is 12.8 Å². The quantitative estimate of drug-likeness (QED) is 0.0309. The molecule has 0 aromatic heterocycles. The summed E-state index contributed by atoms with van der Waals surface area (Å²) in [5.74, 6) is -1.14. The van der Waals surface area contributed by atoms with Crippen LogP contribution in [0.4, 0.5) is 0 Å². The van der Waals surface area contributed by atoms with Crippen LogP contribution in [0.15, 0.2) is 0 Å². The van der Waals surface area contributed by atoms with Crippen molar-refractivity contribution in [2.45, 2.75) is 174 Å². The van der Waals surface area contributed by atoms with Crippen molar-refractivity contribution >= 4 is 19.8 Å². The summed E-state index contributed by atoms with van der Waals surface area (Å²) in [6.07, 6.45) is 13.2. The van der Waals surface area contributed by atoms with Crippen LogP contribution in [0.5, 0.6) is 0 Å². The summed E-state index contributed by atoms with van der Waals surface area (Å²) in [5.41, 5.74) is 0. The van der Waals surface area contributed by atoms with Crippen molar-refractivity contribution in [1.29, 1.82) is 0 Å². The molecule has 0 saturated carbocycles. The van der Waals surface area contributed by atoms with Crippen molar-refractivity contribution in [3.63, 3.8) is 0 Å². The van der Waals surface area contributed by atoms with E-state index in [0.717, 1.165) is 38.5 Å². The van der Waals surface area contributed by atoms with E-state index < -0.39 is 45.2 Å². The van der Waals surface area contributed by atoms with Gasteiger partial charge in [-0.1, -0.05) is 142 Å². The number of hydrogen-bond acceptors (Lipinski definition) is 7. The number of rotatable bonds is 34. The van der Waals surface area contributed by atoms with Gasteiger partial charge in [0.2, 0.25) is 0 Å². The van der Waals surface area contributed by atoms with Crippen LogP contribution in [0.1, 0.15) is 173 Å². The van der Waals surface area contributed by atoms with Crippen molar-refractivity contribution in [2.24, 2.45) is 0 Å². The molecule has 0 rings (SSSR count). The van der Waals surface area contributed by atoms with E-state index in [1.807, 2.05) is 21.1 Å². The lowest BCUT2D eigenvalue weighted by molar-refractivity contribution is -0.870. The van der Waals surface area contributed by atoms with Crippen LogP contribution < -0.4 is 0 Å². The predicted molar refractivity (Wildman–Crippen MR) is 188 cm³/mol. The molecule has 0 spiro atoms. The van der Waals surface area contributed by atoms with Crippen LogP contribution in [0.2, 0.25) is 0 Å². The second kappa shape index (κ2) is 30.1. The van der Waals surface area contributed by atoms with Crippen molar-refractivity contribution in [3.8, 4) is 0 Å². The number of ether oxygens (including phenoxy) is 2. The van der Waals surface area contributed by atoms with Crippen LogP contribution in [0, 0.1) is 0 Å². The van der Waals surface area contributed by atoms with E-state index in [-0.39, 0.29) is 26.1 Å². The molecule has 0 amide bonds. The van der Waals surface area contributed by atoms with Gasteiger partial charge in [-0.3, -0.25) is 18.6 Å². The molecule has 46 heavy (non-hydrogen) atoms. The van der Waals surface area contributed by atoms with Gasteiger partial charge < -0.3 is 18.9 Å². The maximum Gasteiger partial charge on any atom is 0.472 e. The first-order valence-electron chi connectivity index (χ1n) is 20.2. The molecule has 0 saturated heterocycles. The van der Waals surface area contributed by atoms with Gasteiger partial charge >= 0.3 is 19.8 Å². The highest BCUT2D eigenvalue weighted by Gasteiger charge is 2.27. The van der Waals surface area contributed by atoms with E-state index in [1.54, 1.807) is 0 Å². The van der Waals surface area contributed by atoms with E-state index in [9.17, 15) is 19.0 Å². The molecule has 0 aliphatic rings. The van der Waals surface area contributed by atoms with E-state index in [4.69, 9.17) is 24.0 Å². The summed E-state index contributed by atoms with van der Waals surface area (Å²) in [4.78, 5) is 35.3. The minimum atomic E-state index is -4.46. The van der Waals surface area contributed by atoms with Crippen molar-refractivity contribution in [3.05, 3.63) is 0 Å². The zero-order chi connectivity index (χ0) is 37.9. The zero-order valence-corrected chi connectivity index (χ0v) is 31.1. The molecule has 1 N–H and O–H groups in total. The van der Waals surface area contributed by atoms with Gasteiger partial charge in [0, 0.05) is 18.3 Å². The van der Waals surface area contributed by atoms with Crippen LogP contribution in [-0.4, -0.2) is 74.9 Å². The smallest absolute Gasteiger partial charge is 0.462 e. The number of likely N-dealkylation sites (N-methyl/N-ethyl adjacent to an activating group) is 1. The Morgan fingerprint density at radius 3 is 1.57 bits per heavy atom. The summed E-state index contributed by atoms with van der Waals surface area (Å²) in [6.45, 7) is 3.88. The number of carbonyl (C=O) groups is 2. The van der Waals surface area contributed by atoms with Gasteiger partial charge in [0.15, 0.2) is 6.10 Å². The first-order chi connectivity index (χ1) is 23.4. The molecule has 274 valence electrons. The molecule has 9 nitrogen and oxygen atoms in total. The van der Waals surface area contributed by atoms with Crippen molar-refractivity contribution < 1.29 is 47.5 Å². The van der Waals surface area contributed by atoms with E-state index in [1.165, 1.54) is 38.5 Å². The molecule has 0 aliphatic heterocycles. The molecule has 1 unspecified atom stereocenters. The fourth-order valence-electron chi connectivity index (χ4n) is 4.61. The monoisotopic (exact) mass is 683 g/mol. The lowest BCUT2D eigenvalue weighted by Gasteiger charge is -2.24. The van der Waals surface area contributed by atoms with Gasteiger partial charge in [-0.25, -0.2) is 4.57 Å². The molecular formula is C36H73NO8P+. The number of unbranched alkanes of at least 4 members (excludes halogenated alkanes) is 12. The fraction of sp³-hybridized carbons (Fsp3) is 0.944. The third-order valence-corrected chi connectivity index (χ3v) is 8.54. The van der Waals surface area contributed by atoms with Crippen molar-refractivity contribution in [2.75, 3.05) is 47.5 Å². The standard InChI is InChI=1S/C36H72NO8P/c1-6-8-10-12-14-16-18-20-22-24-26-28-35(38)42-32-34(33-44-46(40,41)43-31-30-37(3,4)5)45-36(39)29-27-25-23-21-19-17-15-13-11-9-7-2/h34H,6-33H2,1-5H3/p+1/t34-/m1/s1/i20D2,21D2. The highest BCUT2D eigenvalue weighted by atomic mass is 31.2. The lowest BCUT2D eigenvalue weighted by Crippen LogP contribution is -2.37. The first kappa shape index (κ1) is 37.8. The summed E-state index contributed by atoms with van der Waals surface area (Å²) in [6, 6.07) is 0. The Kier molecular flexibility index (Phi) is 24.7. The van der Waals surface area contributed by atoms with Crippen LogP contribution in [-0.2, 0) is 32.7 Å². The molecule has 0 heterocycles. The second-order valence-corrected chi connectivity index (χ2v) is 14.8. The molecule has 0 bridgehead atoms. The Morgan fingerprint density at radius 2 is 1.09 bits per heavy atom. The molecule has 2 atom stereocenters. The number of phosphoric acid groups is 1. The highest BCUT2D eigenvalue weighted by Crippen LogP contribution is 2.43. The second-order valence-electron chi connectivity index (χ2n) is 13.4. The van der Waals surface area contributed by atoms with E-state index >= 15 is 0 Å². The maximum atomic E-state index is 12.7. The number of phosphoric ester groups is 1. The Labute approximate surface area is 288 Å². The summed E-state index contributed by atoms with van der Waals surface area (Å²) >= 11 is 0. The third-order valence-electron chi connectivity index (χ3n) is 7.55. The molecule has 0 fully saturated rings. The first-order valence-corrected chi connectivity index (χ1v) is 19.7. The van der Waals surface area contributed by atoms with Gasteiger partial charge in [0.25, 0.3) is 0 Å². The highest BCUT2D eigenvalue weighted by molar-refractivity contribution is 7.47. The normalized spacial score (nSPS) is 15.7. The molecular weight excluding hydrogens is 605 g/mol. The maximum absolute atomic E-state index is 12.7. The van der Waals surface area contributed by atoms with Gasteiger partial charge in [0.05, 0.1) is 27.7 Å². The van der Waals surface area contributed by atoms with Crippen molar-refractivity contribution in [1.82, 2.24) is 0 Å². The largest absolute Gasteiger partial charge is 0.472 e. The Balaban J connectivity index is 4.78. The Bertz CT molecular complexity index is 936. The third kappa shape index (κ3) is 32.9. The molecule has 0 aliphatic carbocycles. The van der Waals surface area contributed by atoms with Crippen LogP contribution in [0.25, 0.3) is 0 Å². The van der Waals surface area contributed by atoms with Crippen LogP contribution >= 0.6 is 7.82 Å². The number of quaternary nitrogens is 1. The van der Waals surface area contributed by atoms with Gasteiger partial charge in [0.1, 0.15) is 19.8 Å². The molecule has 0 aromatic rings. The number of hydrogen-bond donors (Lipinski definition) is 1. The molecule has 0 radical (unpaired) electrons. The minimum Gasteiger partial charge on any atom is -0.462 e. The number of carbonyl (C=O) groups excluding carboxylic acids is 2. The predicted octanol–water partition coefficient (Wildman–Crippen LogP) is 9.68. The minimum absolute atomic E-state index is 0.0229. The average Bonchev–Trinajstić information content (AvgIpc) is 3.01. The van der Waals surface area contributed by atoms with E-state index in [2.05, 4.69) is 13.8 Å². The average molecular weight is 683 g/mol. The number of esters is 2. The van der Waals surface area contributed by atoms with Gasteiger partial charge in [-0.2, -0.15) is 0 Å². The summed E-state index contributed by atoms with van der Waals surface area (Å²) in [7, 11) is 1.27. The van der Waals surface area contributed by atoms with Gasteiger partial charge in [-0.15, -0.1) is 0 Å². The summed E-state index contributed by atoms with van der Waals surface area (Å²) in [5, 5.41) is 0.